The van der Waals surface area contributed by atoms with E-state index in [1.807, 2.05) is 0 Å². The lowest BCUT2D eigenvalue weighted by Crippen LogP contribution is -2.60. The Morgan fingerprint density at radius 3 is 2.23 bits per heavy atom. The average molecular weight is 582 g/mol. The van der Waals surface area contributed by atoms with Gasteiger partial charge in [0.1, 0.15) is 0 Å². The minimum absolute atomic E-state index is 0.0445. The van der Waals surface area contributed by atoms with Crippen LogP contribution in [0.2, 0.25) is 18.1 Å². The highest BCUT2D eigenvalue weighted by atomic mass is 28.4. The Balaban J connectivity index is 2.37. The Bertz CT molecular complexity index is 1130. The fraction of sp³-hybridized carbons (Fsp3) is 0.593. The second-order valence-corrected chi connectivity index (χ2v) is 15.8. The van der Waals surface area contributed by atoms with E-state index in [-0.39, 0.29) is 10.8 Å². The third-order valence-electron chi connectivity index (χ3n) is 6.99. The molecule has 222 valence electrons. The van der Waals surface area contributed by atoms with Gasteiger partial charge in [0, 0.05) is 25.8 Å². The number of hydrogen-bond acceptors (Lipinski definition) is 11. The highest BCUT2D eigenvalue weighted by molar-refractivity contribution is 6.74. The molecule has 12 nitrogen and oxygen atoms in total. The second kappa shape index (κ2) is 13.4. The van der Waals surface area contributed by atoms with Crippen molar-refractivity contribution in [2.75, 3.05) is 13.7 Å². The molecule has 0 saturated carbocycles. The van der Waals surface area contributed by atoms with Crippen molar-refractivity contribution in [3.05, 3.63) is 40.0 Å². The predicted molar refractivity (Wildman–Crippen MR) is 147 cm³/mol. The van der Waals surface area contributed by atoms with Crippen molar-refractivity contribution in [2.24, 2.45) is 5.92 Å². The maximum Gasteiger partial charge on any atom is 0.335 e. The zero-order valence-corrected chi connectivity index (χ0v) is 25.4. The van der Waals surface area contributed by atoms with Gasteiger partial charge in [0.05, 0.1) is 18.6 Å². The largest absolute Gasteiger partial charge is 0.467 e. The Labute approximate surface area is 235 Å². The van der Waals surface area contributed by atoms with Gasteiger partial charge in [-0.25, -0.2) is 4.79 Å². The van der Waals surface area contributed by atoms with Crippen LogP contribution in [0.5, 0.6) is 5.75 Å². The van der Waals surface area contributed by atoms with Crippen LogP contribution in [0.25, 0.3) is 6.08 Å². The zero-order valence-electron chi connectivity index (χ0n) is 24.4. The topological polar surface area (TPSA) is 150 Å². The molecule has 0 spiro atoms. The molecule has 1 aliphatic heterocycles. The standard InChI is InChI=1S/C27H39NO11Si/c1-16-22(36-17(2)29)24(37-18(3)30)26(39-23(16)25(31)34-7)38-21-13-12-19(15-20(21)28(32)33)11-10-14-35-40(8,9)27(4,5)6/h10-13,15-16,22-24,26H,14H2,1-9H3/b11-10+/t16-,22-,23-,24+,26?/m0/s1. The van der Waals surface area contributed by atoms with E-state index in [0.29, 0.717) is 12.2 Å². The third-order valence-corrected chi connectivity index (χ3v) is 11.5. The second-order valence-electron chi connectivity index (χ2n) is 11.0. The van der Waals surface area contributed by atoms with E-state index in [1.54, 1.807) is 25.1 Å². The summed E-state index contributed by atoms with van der Waals surface area (Å²) < 4.78 is 33.2. The van der Waals surface area contributed by atoms with Gasteiger partial charge in [-0.3, -0.25) is 19.7 Å². The van der Waals surface area contributed by atoms with Gasteiger partial charge in [-0.2, -0.15) is 0 Å². The molecule has 0 amide bonds. The van der Waals surface area contributed by atoms with Crippen LogP contribution in [-0.4, -0.2) is 69.5 Å². The summed E-state index contributed by atoms with van der Waals surface area (Å²) in [4.78, 5) is 47.5. The molecule has 1 aliphatic rings. The summed E-state index contributed by atoms with van der Waals surface area (Å²) in [5, 5.41) is 12.0. The smallest absolute Gasteiger partial charge is 0.335 e. The molecular formula is C27H39NO11Si. The molecule has 1 aromatic carbocycles. The monoisotopic (exact) mass is 581 g/mol. The van der Waals surface area contributed by atoms with E-state index in [9.17, 15) is 24.5 Å². The number of carbonyl (C=O) groups is 3. The number of benzene rings is 1. The van der Waals surface area contributed by atoms with Crippen LogP contribution in [0, 0.1) is 16.0 Å². The molecule has 0 aliphatic carbocycles. The highest BCUT2D eigenvalue weighted by Crippen LogP contribution is 2.37. The summed E-state index contributed by atoms with van der Waals surface area (Å²) in [7, 11) is -0.801. The minimum Gasteiger partial charge on any atom is -0.467 e. The van der Waals surface area contributed by atoms with E-state index < -0.39 is 67.4 Å². The van der Waals surface area contributed by atoms with Gasteiger partial charge in [0.25, 0.3) is 0 Å². The molecule has 5 atom stereocenters. The number of nitro groups is 1. The first kappa shape index (κ1) is 32.9. The molecule has 1 saturated heterocycles. The normalized spacial score (nSPS) is 23.4. The van der Waals surface area contributed by atoms with Crippen molar-refractivity contribution in [1.82, 2.24) is 0 Å². The SMILES string of the molecule is COC(=O)[C@H]1OC(Oc2ccc(/C=C/CO[Si](C)(C)C(C)(C)C)cc2[N+](=O)[O-])[C@H](OC(C)=O)[C@@H](OC(C)=O)[C@@H]1C. The maximum atomic E-state index is 12.4. The number of methoxy groups -OCH3 is 1. The predicted octanol–water partition coefficient (Wildman–Crippen LogP) is 4.41. The first-order valence-corrected chi connectivity index (χ1v) is 15.7. The molecule has 1 heterocycles. The van der Waals surface area contributed by atoms with Crippen molar-refractivity contribution in [3.63, 3.8) is 0 Å². The summed E-state index contributed by atoms with van der Waals surface area (Å²) in [6.45, 7) is 14.9. The van der Waals surface area contributed by atoms with E-state index in [4.69, 9.17) is 28.1 Å². The third kappa shape index (κ3) is 8.35. The van der Waals surface area contributed by atoms with Crippen molar-refractivity contribution < 1.29 is 47.4 Å². The molecule has 0 N–H and O–H groups in total. The molecule has 1 aromatic rings. The first-order valence-electron chi connectivity index (χ1n) is 12.8. The van der Waals surface area contributed by atoms with Crippen LogP contribution < -0.4 is 4.74 Å². The van der Waals surface area contributed by atoms with Gasteiger partial charge < -0.3 is 28.1 Å². The molecule has 1 fully saturated rings. The number of carbonyl (C=O) groups excluding carboxylic acids is 3. The summed E-state index contributed by atoms with van der Waals surface area (Å²) in [5.74, 6) is -3.22. The molecule has 1 unspecified atom stereocenters. The Hall–Kier alpha value is -3.29. The van der Waals surface area contributed by atoms with Crippen molar-refractivity contribution in [3.8, 4) is 5.75 Å². The summed E-state index contributed by atoms with van der Waals surface area (Å²) in [5.41, 5.74) is 0.132. The average Bonchev–Trinajstić information content (AvgIpc) is 2.84. The van der Waals surface area contributed by atoms with E-state index in [1.165, 1.54) is 12.1 Å². The summed E-state index contributed by atoms with van der Waals surface area (Å²) in [6, 6.07) is 4.28. The molecule has 13 heteroatoms. The lowest BCUT2D eigenvalue weighted by Gasteiger charge is -2.42. The van der Waals surface area contributed by atoms with E-state index in [0.717, 1.165) is 21.0 Å². The lowest BCUT2D eigenvalue weighted by atomic mass is 9.90. The van der Waals surface area contributed by atoms with Crippen molar-refractivity contribution in [1.29, 1.82) is 0 Å². The van der Waals surface area contributed by atoms with Gasteiger partial charge in [-0.15, -0.1) is 0 Å². The summed E-state index contributed by atoms with van der Waals surface area (Å²) in [6.07, 6.45) is -1.81. The Morgan fingerprint density at radius 2 is 1.70 bits per heavy atom. The van der Waals surface area contributed by atoms with Gasteiger partial charge in [-0.1, -0.05) is 45.9 Å². The molecule has 40 heavy (non-hydrogen) atoms. The molecular weight excluding hydrogens is 542 g/mol. The first-order chi connectivity index (χ1) is 18.5. The van der Waals surface area contributed by atoms with Crippen LogP contribution in [0.1, 0.15) is 47.1 Å². The van der Waals surface area contributed by atoms with Crippen molar-refractivity contribution in [2.45, 2.75) is 84.3 Å². The van der Waals surface area contributed by atoms with Crippen LogP contribution in [0.4, 0.5) is 5.69 Å². The lowest BCUT2D eigenvalue weighted by molar-refractivity contribution is -0.387. The molecule has 0 bridgehead atoms. The number of esters is 3. The zero-order chi connectivity index (χ0) is 30.4. The fourth-order valence-electron chi connectivity index (χ4n) is 3.80. The van der Waals surface area contributed by atoms with Crippen molar-refractivity contribution >= 4 is 38.0 Å². The quantitative estimate of drug-likeness (QED) is 0.127. The van der Waals surface area contributed by atoms with Crippen LogP contribution in [0.15, 0.2) is 24.3 Å². The Morgan fingerprint density at radius 1 is 1.10 bits per heavy atom. The van der Waals surface area contributed by atoms with E-state index >= 15 is 0 Å². The van der Waals surface area contributed by atoms with E-state index in [2.05, 4.69) is 33.9 Å². The summed E-state index contributed by atoms with van der Waals surface area (Å²) >= 11 is 0. The van der Waals surface area contributed by atoms with Gasteiger partial charge in [0.15, 0.2) is 26.3 Å². The van der Waals surface area contributed by atoms with Crippen LogP contribution in [0.3, 0.4) is 0 Å². The number of nitro benzene ring substituents is 1. The van der Waals surface area contributed by atoms with Gasteiger partial charge in [0.2, 0.25) is 12.4 Å². The van der Waals surface area contributed by atoms with Crippen LogP contribution >= 0.6 is 0 Å². The highest BCUT2D eigenvalue weighted by Gasteiger charge is 2.52. The molecule has 2 rings (SSSR count). The number of rotatable bonds is 10. The van der Waals surface area contributed by atoms with Gasteiger partial charge in [-0.05, 0) is 29.8 Å². The molecule has 0 aromatic heterocycles. The number of hydrogen-bond donors (Lipinski definition) is 0. The Kier molecular flexibility index (Phi) is 11.0. The minimum atomic E-state index is -1.96. The van der Waals surface area contributed by atoms with Crippen LogP contribution in [-0.2, 0) is 37.8 Å². The number of ether oxygens (including phenoxy) is 5. The van der Waals surface area contributed by atoms with Gasteiger partial charge >= 0.3 is 23.6 Å². The maximum absolute atomic E-state index is 12.4. The fourth-order valence-corrected chi connectivity index (χ4v) is 4.74. The molecule has 0 radical (unpaired) electrons. The number of nitrogens with zero attached hydrogens (tertiary/aromatic N) is 1.